The summed E-state index contributed by atoms with van der Waals surface area (Å²) < 4.78 is 26.7. The zero-order chi connectivity index (χ0) is 5.21. The molecule has 3 nitrogen and oxygen atoms in total. The van der Waals surface area contributed by atoms with E-state index >= 15 is 0 Å². The molecule has 0 aliphatic carbocycles. The molecule has 1 N–H and O–H groups in total. The van der Waals surface area contributed by atoms with Crippen LogP contribution < -0.4 is 29.6 Å². The largest absolute Gasteiger partial charge is 1.00 e. The topological polar surface area (TPSA) is 54.4 Å². The number of alkyl halides is 1. The van der Waals surface area contributed by atoms with Gasteiger partial charge in [-0.2, -0.15) is 8.42 Å². The Labute approximate surface area is 78.0 Å². The van der Waals surface area contributed by atoms with Crippen molar-refractivity contribution in [2.75, 3.05) is 3.76 Å². The summed E-state index contributed by atoms with van der Waals surface area (Å²) in [5.41, 5.74) is 0. The average molecular weight is 245 g/mol. The third kappa shape index (κ3) is 11.3. The fourth-order valence-corrected chi connectivity index (χ4v) is 0. The summed E-state index contributed by atoms with van der Waals surface area (Å²) in [5.74, 6) is 0. The Kier molecular flexibility index (Phi) is 7.37. The van der Waals surface area contributed by atoms with Gasteiger partial charge in [0.1, 0.15) is 3.76 Å². The Bertz CT molecular complexity index is 117. The molecular formula is CH3INaO3S+. The van der Waals surface area contributed by atoms with Gasteiger partial charge >= 0.3 is 29.6 Å². The molecule has 0 bridgehead atoms. The molecule has 0 radical (unpaired) electrons. The molecular weight excluding hydrogens is 242 g/mol. The van der Waals surface area contributed by atoms with Crippen LogP contribution in [-0.4, -0.2) is 16.7 Å². The van der Waals surface area contributed by atoms with E-state index in [-0.39, 0.29) is 33.3 Å². The van der Waals surface area contributed by atoms with Gasteiger partial charge in [0.25, 0.3) is 10.1 Å². The zero-order valence-electron chi connectivity index (χ0n) is 3.76. The Morgan fingerprint density at radius 1 is 1.57 bits per heavy atom. The summed E-state index contributed by atoms with van der Waals surface area (Å²) in [4.78, 5) is 0. The van der Waals surface area contributed by atoms with Crippen LogP contribution in [0.15, 0.2) is 0 Å². The van der Waals surface area contributed by atoms with Gasteiger partial charge < -0.3 is 0 Å². The molecule has 0 heterocycles. The summed E-state index contributed by atoms with van der Waals surface area (Å²) in [6, 6.07) is 0. The normalized spacial score (nSPS) is 10.0. The maximum atomic E-state index is 9.55. The predicted octanol–water partition coefficient (Wildman–Crippen LogP) is -2.73. The number of hydrogen-bond acceptors (Lipinski definition) is 2. The van der Waals surface area contributed by atoms with E-state index in [0.29, 0.717) is 0 Å². The van der Waals surface area contributed by atoms with E-state index in [4.69, 9.17) is 4.55 Å². The predicted molar refractivity (Wildman–Crippen MR) is 30.4 cm³/mol. The van der Waals surface area contributed by atoms with Crippen LogP contribution in [0.2, 0.25) is 0 Å². The van der Waals surface area contributed by atoms with Crippen LogP contribution in [0.4, 0.5) is 0 Å². The smallest absolute Gasteiger partial charge is 0.285 e. The maximum absolute atomic E-state index is 9.55. The average Bonchev–Trinajstić information content (AvgIpc) is 1.35. The van der Waals surface area contributed by atoms with Crippen molar-refractivity contribution in [3.8, 4) is 0 Å². The fourth-order valence-electron chi connectivity index (χ4n) is 0. The van der Waals surface area contributed by atoms with Gasteiger partial charge in [-0.1, -0.05) is 22.6 Å². The van der Waals surface area contributed by atoms with Crippen molar-refractivity contribution in [1.29, 1.82) is 0 Å². The molecule has 0 aromatic heterocycles. The number of hydrogen-bond donors (Lipinski definition) is 1. The minimum Gasteiger partial charge on any atom is -0.285 e. The van der Waals surface area contributed by atoms with Gasteiger partial charge in [0.05, 0.1) is 0 Å². The molecule has 0 saturated carbocycles. The van der Waals surface area contributed by atoms with Crippen LogP contribution in [0.3, 0.4) is 0 Å². The number of halogens is 1. The summed E-state index contributed by atoms with van der Waals surface area (Å²) in [6.45, 7) is 0. The van der Waals surface area contributed by atoms with Gasteiger partial charge in [-0.15, -0.1) is 0 Å². The van der Waals surface area contributed by atoms with E-state index in [1.54, 1.807) is 22.6 Å². The zero-order valence-corrected chi connectivity index (χ0v) is 8.73. The van der Waals surface area contributed by atoms with Gasteiger partial charge in [-0.25, -0.2) is 0 Å². The Balaban J connectivity index is 0. The summed E-state index contributed by atoms with van der Waals surface area (Å²) >= 11 is 1.56. The van der Waals surface area contributed by atoms with E-state index in [9.17, 15) is 8.42 Å². The molecule has 7 heavy (non-hydrogen) atoms. The fraction of sp³-hybridized carbons (Fsp3) is 1.00. The number of rotatable bonds is 1. The molecule has 0 spiro atoms. The molecule has 0 rings (SSSR count). The van der Waals surface area contributed by atoms with E-state index in [1.807, 2.05) is 0 Å². The van der Waals surface area contributed by atoms with E-state index in [1.165, 1.54) is 0 Å². The molecule has 38 valence electrons. The van der Waals surface area contributed by atoms with Gasteiger partial charge in [-0.3, -0.25) is 4.55 Å². The van der Waals surface area contributed by atoms with Crippen molar-refractivity contribution in [3.05, 3.63) is 0 Å². The van der Waals surface area contributed by atoms with Crippen LogP contribution >= 0.6 is 22.6 Å². The third-order valence-corrected chi connectivity index (χ3v) is 2.77. The minimum absolute atomic E-state index is 0. The van der Waals surface area contributed by atoms with Crippen molar-refractivity contribution in [2.45, 2.75) is 0 Å². The van der Waals surface area contributed by atoms with Crippen LogP contribution in [0, 0.1) is 0 Å². The van der Waals surface area contributed by atoms with Crippen LogP contribution in [-0.2, 0) is 10.1 Å². The monoisotopic (exact) mass is 245 g/mol. The molecule has 0 unspecified atom stereocenters. The summed E-state index contributed by atoms with van der Waals surface area (Å²) in [7, 11) is -3.68. The second-order valence-electron chi connectivity index (χ2n) is 0.691. The Morgan fingerprint density at radius 3 is 1.71 bits per heavy atom. The van der Waals surface area contributed by atoms with Crippen LogP contribution in [0.1, 0.15) is 0 Å². The van der Waals surface area contributed by atoms with Crippen molar-refractivity contribution in [2.24, 2.45) is 0 Å². The van der Waals surface area contributed by atoms with E-state index in [2.05, 4.69) is 0 Å². The van der Waals surface area contributed by atoms with Crippen molar-refractivity contribution >= 4 is 32.7 Å². The quantitative estimate of drug-likeness (QED) is 0.236. The SMILES string of the molecule is O=S(=O)(O)CI.[Na+]. The van der Waals surface area contributed by atoms with Gasteiger partial charge in [-0.05, 0) is 0 Å². The summed E-state index contributed by atoms with van der Waals surface area (Å²) in [6.07, 6.45) is 0. The van der Waals surface area contributed by atoms with Crippen molar-refractivity contribution in [3.63, 3.8) is 0 Å². The van der Waals surface area contributed by atoms with Crippen molar-refractivity contribution in [1.82, 2.24) is 0 Å². The van der Waals surface area contributed by atoms with E-state index in [0.717, 1.165) is 0 Å². The third-order valence-electron chi connectivity index (χ3n) is 0.138. The van der Waals surface area contributed by atoms with Gasteiger partial charge in [0.15, 0.2) is 0 Å². The molecule has 6 heteroatoms. The molecule has 0 fully saturated rings. The van der Waals surface area contributed by atoms with E-state index < -0.39 is 10.1 Å². The molecule has 0 aliphatic heterocycles. The molecule has 0 atom stereocenters. The van der Waals surface area contributed by atoms with Crippen LogP contribution in [0.25, 0.3) is 0 Å². The first-order chi connectivity index (χ1) is 2.56. The van der Waals surface area contributed by atoms with Gasteiger partial charge in [0.2, 0.25) is 0 Å². The van der Waals surface area contributed by atoms with Gasteiger partial charge in [0, 0.05) is 0 Å². The molecule has 0 saturated heterocycles. The molecule has 0 aliphatic rings. The van der Waals surface area contributed by atoms with Crippen molar-refractivity contribution < 1.29 is 42.5 Å². The second kappa shape index (κ2) is 4.51. The first-order valence-electron chi connectivity index (χ1n) is 1.07. The first kappa shape index (κ1) is 11.4. The first-order valence-corrected chi connectivity index (χ1v) is 4.21. The summed E-state index contributed by atoms with van der Waals surface area (Å²) in [5, 5.41) is 0. The molecule has 0 amide bonds. The maximum Gasteiger partial charge on any atom is 1.00 e. The van der Waals surface area contributed by atoms with Crippen LogP contribution in [0.5, 0.6) is 0 Å². The molecule has 0 aromatic rings. The minimum atomic E-state index is -3.68. The molecule has 0 aromatic carbocycles. The Hall–Kier alpha value is 1.64. The standard InChI is InChI=1S/CH3IO3S.Na/c2-1-6(3,4)5;/h1H2,(H,3,4,5);/q;+1. The Morgan fingerprint density at radius 2 is 1.71 bits per heavy atom. The second-order valence-corrected chi connectivity index (χ2v) is 3.94.